The molecule has 4 aliphatic rings. The van der Waals surface area contributed by atoms with Gasteiger partial charge in [0.15, 0.2) is 0 Å². The van der Waals surface area contributed by atoms with Crippen LogP contribution in [0.25, 0.3) is 0 Å². The average molecular weight is 367 g/mol. The first-order valence-corrected chi connectivity index (χ1v) is 9.99. The Hall–Kier alpha value is -0.180. The minimum atomic E-state index is -0.0251. The summed E-state index contributed by atoms with van der Waals surface area (Å²) in [6.45, 7) is 4.70. The summed E-state index contributed by atoms with van der Waals surface area (Å²) in [5.74, 6) is 3.51. The Balaban J connectivity index is 1.67. The zero-order chi connectivity index (χ0) is 15.7. The number of carbonyl (C=O) groups excluding carboxylic acids is 2. The van der Waals surface area contributed by atoms with Crippen LogP contribution in [0.2, 0.25) is 0 Å². The van der Waals surface area contributed by atoms with Crippen LogP contribution in [-0.2, 0) is 9.59 Å². The summed E-state index contributed by atoms with van der Waals surface area (Å²) in [4.78, 5) is 24.6. The van der Waals surface area contributed by atoms with Crippen LogP contribution in [-0.4, -0.2) is 16.4 Å². The molecule has 4 saturated carbocycles. The van der Waals surface area contributed by atoms with E-state index in [1.165, 1.54) is 19.3 Å². The Bertz CT molecular complexity index is 530. The molecule has 0 saturated heterocycles. The highest BCUT2D eigenvalue weighted by molar-refractivity contribution is 9.10. The highest BCUT2D eigenvalue weighted by Gasteiger charge is 2.61. The van der Waals surface area contributed by atoms with Crippen LogP contribution in [0, 0.1) is 34.5 Å². The van der Waals surface area contributed by atoms with Crippen molar-refractivity contribution in [1.82, 2.24) is 0 Å². The van der Waals surface area contributed by atoms with Crippen molar-refractivity contribution >= 4 is 27.5 Å². The topological polar surface area (TPSA) is 34.1 Å². The largest absolute Gasteiger partial charge is 0.299 e. The van der Waals surface area contributed by atoms with E-state index in [1.54, 1.807) is 0 Å². The predicted octanol–water partition coefficient (Wildman–Crippen LogP) is 4.54. The Morgan fingerprint density at radius 3 is 2.45 bits per heavy atom. The molecule has 1 unspecified atom stereocenters. The number of fused-ring (bicyclic) bond motifs is 5. The first-order valence-electron chi connectivity index (χ1n) is 9.08. The van der Waals surface area contributed by atoms with Crippen molar-refractivity contribution in [3.63, 3.8) is 0 Å². The standard InChI is InChI=1S/C19H27BrO2/c1-18-10-8-15(21)17(20)14(18)4-3-11-12-5-6-16(22)19(12,2)9-7-13(11)18/h11-14,17H,3-10H2,1-2H3/t11-,12-,13-,14?,17+,18+,19-/m0/s1. The van der Waals surface area contributed by atoms with Gasteiger partial charge in [-0.1, -0.05) is 29.8 Å². The number of carbonyl (C=O) groups is 2. The van der Waals surface area contributed by atoms with Gasteiger partial charge in [-0.05, 0) is 67.6 Å². The molecule has 0 bridgehead atoms. The van der Waals surface area contributed by atoms with E-state index >= 15 is 0 Å². The fourth-order valence-electron chi connectivity index (χ4n) is 6.86. The van der Waals surface area contributed by atoms with Crippen molar-refractivity contribution in [2.24, 2.45) is 34.5 Å². The highest BCUT2D eigenvalue weighted by atomic mass is 79.9. The second kappa shape index (κ2) is 4.91. The van der Waals surface area contributed by atoms with Crippen LogP contribution in [0.5, 0.6) is 0 Å². The summed E-state index contributed by atoms with van der Waals surface area (Å²) in [6.07, 6.45) is 8.42. The van der Waals surface area contributed by atoms with Crippen molar-refractivity contribution in [3.8, 4) is 0 Å². The smallest absolute Gasteiger partial charge is 0.146 e. The first kappa shape index (κ1) is 15.4. The van der Waals surface area contributed by atoms with Crippen LogP contribution in [0.1, 0.15) is 65.2 Å². The molecule has 4 rings (SSSR count). The summed E-state index contributed by atoms with van der Waals surface area (Å²) >= 11 is 3.72. The number of halogens is 1. The van der Waals surface area contributed by atoms with E-state index in [4.69, 9.17) is 0 Å². The summed E-state index contributed by atoms with van der Waals surface area (Å²) in [5.41, 5.74) is 0.278. The minimum Gasteiger partial charge on any atom is -0.299 e. The van der Waals surface area contributed by atoms with E-state index in [0.717, 1.165) is 43.9 Å². The van der Waals surface area contributed by atoms with Gasteiger partial charge in [0.05, 0.1) is 4.83 Å². The second-order valence-electron chi connectivity index (χ2n) is 8.85. The zero-order valence-electron chi connectivity index (χ0n) is 13.7. The van der Waals surface area contributed by atoms with Crippen LogP contribution < -0.4 is 0 Å². The fourth-order valence-corrected chi connectivity index (χ4v) is 7.96. The molecule has 7 atom stereocenters. The van der Waals surface area contributed by atoms with Crippen molar-refractivity contribution in [1.29, 1.82) is 0 Å². The molecule has 0 aromatic carbocycles. The molecule has 0 radical (unpaired) electrons. The number of hydrogen-bond donors (Lipinski definition) is 0. The van der Waals surface area contributed by atoms with Gasteiger partial charge in [0, 0.05) is 18.3 Å². The van der Waals surface area contributed by atoms with Gasteiger partial charge in [0.2, 0.25) is 0 Å². The Kier molecular flexibility index (Phi) is 3.43. The molecule has 0 aliphatic heterocycles. The van der Waals surface area contributed by atoms with Gasteiger partial charge in [-0.3, -0.25) is 9.59 Å². The van der Waals surface area contributed by atoms with Crippen LogP contribution in [0.15, 0.2) is 0 Å². The third-order valence-corrected chi connectivity index (χ3v) is 9.37. The lowest BCUT2D eigenvalue weighted by Crippen LogP contribution is -2.56. The lowest BCUT2D eigenvalue weighted by Gasteiger charge is -2.60. The Morgan fingerprint density at radius 2 is 1.68 bits per heavy atom. The van der Waals surface area contributed by atoms with Crippen LogP contribution >= 0.6 is 15.9 Å². The molecule has 2 nitrogen and oxygen atoms in total. The maximum atomic E-state index is 12.4. The maximum Gasteiger partial charge on any atom is 0.146 e. The van der Waals surface area contributed by atoms with E-state index in [-0.39, 0.29) is 10.2 Å². The number of hydrogen-bond acceptors (Lipinski definition) is 2. The number of rotatable bonds is 0. The van der Waals surface area contributed by atoms with E-state index < -0.39 is 0 Å². The summed E-state index contributed by atoms with van der Waals surface area (Å²) in [7, 11) is 0. The van der Waals surface area contributed by atoms with E-state index in [0.29, 0.717) is 28.8 Å². The maximum absolute atomic E-state index is 12.4. The quantitative estimate of drug-likeness (QED) is 0.589. The highest BCUT2D eigenvalue weighted by Crippen LogP contribution is 2.65. The fraction of sp³-hybridized carbons (Fsp3) is 0.895. The molecule has 0 spiro atoms. The molecule has 0 heterocycles. The van der Waals surface area contributed by atoms with Gasteiger partial charge in [-0.2, -0.15) is 0 Å². The predicted molar refractivity (Wildman–Crippen MR) is 89.8 cm³/mol. The van der Waals surface area contributed by atoms with Crippen LogP contribution in [0.4, 0.5) is 0 Å². The molecule has 0 amide bonds. The SMILES string of the molecule is C[C@]12CCC(=O)[C@H](Br)C1CC[C@@H]1[C@@H]2CC[C@]2(C)C(=O)CC[C@@H]12. The summed E-state index contributed by atoms with van der Waals surface area (Å²) < 4.78 is 0. The lowest BCUT2D eigenvalue weighted by atomic mass is 9.45. The van der Waals surface area contributed by atoms with Crippen molar-refractivity contribution < 1.29 is 9.59 Å². The van der Waals surface area contributed by atoms with Crippen molar-refractivity contribution in [3.05, 3.63) is 0 Å². The summed E-state index contributed by atoms with van der Waals surface area (Å²) in [6, 6.07) is 0. The summed E-state index contributed by atoms with van der Waals surface area (Å²) in [5, 5.41) is 0. The third-order valence-electron chi connectivity index (χ3n) is 8.22. The minimum absolute atomic E-state index is 0.0251. The lowest BCUT2D eigenvalue weighted by molar-refractivity contribution is -0.143. The van der Waals surface area contributed by atoms with Crippen LogP contribution in [0.3, 0.4) is 0 Å². The monoisotopic (exact) mass is 366 g/mol. The van der Waals surface area contributed by atoms with E-state index in [2.05, 4.69) is 29.8 Å². The van der Waals surface area contributed by atoms with Gasteiger partial charge >= 0.3 is 0 Å². The molecule has 4 fully saturated rings. The van der Waals surface area contributed by atoms with E-state index in [9.17, 15) is 9.59 Å². The number of ketones is 2. The third kappa shape index (κ3) is 1.84. The van der Waals surface area contributed by atoms with E-state index in [1.807, 2.05) is 0 Å². The molecule has 3 heteroatoms. The molecular formula is C19H27BrO2. The number of Topliss-reactive ketones (excluding diaryl/α,β-unsaturated/α-hetero) is 2. The van der Waals surface area contributed by atoms with Gasteiger partial charge in [0.25, 0.3) is 0 Å². The van der Waals surface area contributed by atoms with Gasteiger partial charge < -0.3 is 0 Å². The molecular weight excluding hydrogens is 340 g/mol. The first-order chi connectivity index (χ1) is 10.4. The molecule has 122 valence electrons. The molecule has 22 heavy (non-hydrogen) atoms. The van der Waals surface area contributed by atoms with Gasteiger partial charge in [-0.15, -0.1) is 0 Å². The van der Waals surface area contributed by atoms with Gasteiger partial charge in [-0.25, -0.2) is 0 Å². The molecule has 0 aromatic rings. The average Bonchev–Trinajstić information content (AvgIpc) is 2.79. The van der Waals surface area contributed by atoms with Crippen molar-refractivity contribution in [2.75, 3.05) is 0 Å². The second-order valence-corrected chi connectivity index (χ2v) is 9.84. The number of alkyl halides is 1. The zero-order valence-corrected chi connectivity index (χ0v) is 15.3. The Morgan fingerprint density at radius 1 is 0.909 bits per heavy atom. The molecule has 0 N–H and O–H groups in total. The molecule has 4 aliphatic carbocycles. The Labute approximate surface area is 141 Å². The normalized spacial score (nSPS) is 54.6. The van der Waals surface area contributed by atoms with Gasteiger partial charge in [0.1, 0.15) is 11.6 Å². The molecule has 0 aromatic heterocycles. The van der Waals surface area contributed by atoms with Crippen molar-refractivity contribution in [2.45, 2.75) is 70.0 Å².